The van der Waals surface area contributed by atoms with E-state index in [1.807, 2.05) is 24.2 Å². The van der Waals surface area contributed by atoms with Gasteiger partial charge in [-0.15, -0.1) is 0 Å². The molecule has 2 saturated heterocycles. The molecule has 0 bridgehead atoms. The number of aromatic nitrogens is 4. The molecule has 9 nitrogen and oxygen atoms in total. The van der Waals surface area contributed by atoms with Gasteiger partial charge in [0.25, 0.3) is 0 Å². The molecule has 10 heteroatoms. The molecule has 0 radical (unpaired) electrons. The van der Waals surface area contributed by atoms with Crippen LogP contribution in [0, 0.1) is 22.7 Å². The van der Waals surface area contributed by atoms with E-state index in [0.29, 0.717) is 35.8 Å². The number of hydrogen-bond acceptors (Lipinski definition) is 7. The Morgan fingerprint density at radius 1 is 1.43 bits per heavy atom. The fourth-order valence-corrected chi connectivity index (χ4v) is 4.34. The average molecular weight is 401 g/mol. The quantitative estimate of drug-likeness (QED) is 0.834. The molecule has 4 rings (SSSR count). The fraction of sp³-hybridized carbons (Fsp3) is 0.500. The molecule has 28 heavy (non-hydrogen) atoms. The van der Waals surface area contributed by atoms with Gasteiger partial charge in [-0.2, -0.15) is 15.3 Å². The zero-order chi connectivity index (χ0) is 19.9. The predicted octanol–water partition coefficient (Wildman–Crippen LogP) is 1.81. The maximum atomic E-state index is 12.1. The normalized spacial score (nSPS) is 23.6. The van der Waals surface area contributed by atoms with Crippen molar-refractivity contribution in [2.75, 3.05) is 36.4 Å². The third-order valence-electron chi connectivity index (χ3n) is 5.54. The molecule has 2 aromatic heterocycles. The number of anilines is 3. The van der Waals surface area contributed by atoms with Crippen LogP contribution in [-0.2, 0) is 11.8 Å². The highest BCUT2D eigenvalue weighted by Gasteiger charge is 2.50. The average Bonchev–Trinajstić information content (AvgIpc) is 3.28. The van der Waals surface area contributed by atoms with Gasteiger partial charge in [-0.05, 0) is 0 Å². The summed E-state index contributed by atoms with van der Waals surface area (Å²) in [7, 11) is 1.84. The van der Waals surface area contributed by atoms with Crippen molar-refractivity contribution in [2.45, 2.75) is 13.3 Å². The number of nitriles is 1. The summed E-state index contributed by atoms with van der Waals surface area (Å²) in [6.07, 6.45) is 5.08. The van der Waals surface area contributed by atoms with E-state index in [4.69, 9.17) is 16.9 Å². The number of nitrogens with zero attached hydrogens (tertiary/aromatic N) is 7. The van der Waals surface area contributed by atoms with Gasteiger partial charge in [0, 0.05) is 50.8 Å². The first-order valence-electron chi connectivity index (χ1n) is 9.06. The Kier molecular flexibility index (Phi) is 4.59. The second-order valence-electron chi connectivity index (χ2n) is 7.73. The van der Waals surface area contributed by atoms with Crippen molar-refractivity contribution >= 4 is 35.0 Å². The van der Waals surface area contributed by atoms with Crippen molar-refractivity contribution in [3.05, 3.63) is 23.6 Å². The molecule has 2 aliphatic rings. The number of hydrogen-bond donors (Lipinski definition) is 1. The number of nitrogens with one attached hydrogen (secondary N) is 1. The van der Waals surface area contributed by atoms with Crippen LogP contribution in [0.4, 0.5) is 17.5 Å². The van der Waals surface area contributed by atoms with E-state index in [9.17, 15) is 4.79 Å². The molecule has 2 atom stereocenters. The van der Waals surface area contributed by atoms with Crippen molar-refractivity contribution in [3.63, 3.8) is 0 Å². The molecular formula is C18H21ClN8O. The van der Waals surface area contributed by atoms with Gasteiger partial charge in [-0.3, -0.25) is 9.48 Å². The first kappa shape index (κ1) is 18.5. The monoisotopic (exact) mass is 400 g/mol. The minimum absolute atomic E-state index is 0.0453. The number of rotatable bonds is 4. The summed E-state index contributed by atoms with van der Waals surface area (Å²) in [6.45, 7) is 5.00. The van der Waals surface area contributed by atoms with Gasteiger partial charge in [-0.1, -0.05) is 18.5 Å². The van der Waals surface area contributed by atoms with Crippen molar-refractivity contribution in [2.24, 2.45) is 18.4 Å². The van der Waals surface area contributed by atoms with Crippen molar-refractivity contribution in [1.82, 2.24) is 24.6 Å². The smallest absolute Gasteiger partial charge is 0.236 e. The Labute approximate surface area is 167 Å². The molecule has 0 spiro atoms. The van der Waals surface area contributed by atoms with E-state index >= 15 is 0 Å². The molecule has 0 aliphatic carbocycles. The van der Waals surface area contributed by atoms with Crippen molar-refractivity contribution < 1.29 is 4.79 Å². The minimum atomic E-state index is -0.0901. The lowest BCUT2D eigenvalue weighted by Crippen LogP contribution is -2.35. The summed E-state index contributed by atoms with van der Waals surface area (Å²) in [4.78, 5) is 24.9. The molecule has 2 aromatic rings. The van der Waals surface area contributed by atoms with Crippen LogP contribution in [0.2, 0.25) is 5.02 Å². The molecule has 0 unspecified atom stereocenters. The molecule has 0 aromatic carbocycles. The van der Waals surface area contributed by atoms with Gasteiger partial charge in [0.2, 0.25) is 11.9 Å². The Bertz CT molecular complexity index is 953. The predicted molar refractivity (Wildman–Crippen MR) is 104 cm³/mol. The third kappa shape index (κ3) is 3.36. The Balaban J connectivity index is 1.50. The van der Waals surface area contributed by atoms with Crippen molar-refractivity contribution in [3.8, 4) is 6.07 Å². The van der Waals surface area contributed by atoms with Crippen LogP contribution in [0.5, 0.6) is 0 Å². The van der Waals surface area contributed by atoms with Crippen LogP contribution in [0.15, 0.2) is 18.6 Å². The second kappa shape index (κ2) is 6.95. The Hall–Kier alpha value is -2.86. The summed E-state index contributed by atoms with van der Waals surface area (Å²) in [5.74, 6) is 1.37. The number of amides is 1. The Morgan fingerprint density at radius 3 is 2.93 bits per heavy atom. The number of fused-ring (bicyclic) bond motifs is 1. The standard InChI is InChI=1S/C18H21ClN8O/c1-18-10-26(15(28)3-4-20)7-12(18)8-27(11-18)16-14(19)6-21-17(24-16)23-13-5-22-25(2)9-13/h5-6,9,12H,3,7-8,10-11H2,1-2H3,(H,21,23,24)/t12-,18-/m0/s1. The lowest BCUT2D eigenvalue weighted by atomic mass is 9.83. The third-order valence-corrected chi connectivity index (χ3v) is 5.81. The summed E-state index contributed by atoms with van der Waals surface area (Å²) in [5.41, 5.74) is 0.753. The summed E-state index contributed by atoms with van der Waals surface area (Å²) in [5, 5.41) is 16.5. The van der Waals surface area contributed by atoms with Gasteiger partial charge in [0.05, 0.1) is 24.2 Å². The van der Waals surface area contributed by atoms with E-state index in [0.717, 1.165) is 18.8 Å². The summed E-state index contributed by atoms with van der Waals surface area (Å²) in [6, 6.07) is 1.94. The molecular weight excluding hydrogens is 380 g/mol. The van der Waals surface area contributed by atoms with Crippen LogP contribution in [0.3, 0.4) is 0 Å². The highest BCUT2D eigenvalue weighted by molar-refractivity contribution is 6.32. The van der Waals surface area contributed by atoms with Crippen LogP contribution in [0.25, 0.3) is 0 Å². The van der Waals surface area contributed by atoms with Gasteiger partial charge < -0.3 is 15.1 Å². The van der Waals surface area contributed by atoms with Gasteiger partial charge in [0.15, 0.2) is 5.82 Å². The Morgan fingerprint density at radius 2 is 2.25 bits per heavy atom. The van der Waals surface area contributed by atoms with E-state index in [2.05, 4.69) is 32.2 Å². The lowest BCUT2D eigenvalue weighted by Gasteiger charge is -2.26. The highest BCUT2D eigenvalue weighted by atomic mass is 35.5. The molecule has 2 fully saturated rings. The van der Waals surface area contributed by atoms with E-state index in [1.54, 1.807) is 17.1 Å². The number of carbonyl (C=O) groups is 1. The van der Waals surface area contributed by atoms with Gasteiger partial charge in [0.1, 0.15) is 11.4 Å². The molecule has 1 amide bonds. The number of likely N-dealkylation sites (tertiary alicyclic amines) is 1. The van der Waals surface area contributed by atoms with E-state index in [-0.39, 0.29) is 17.7 Å². The minimum Gasteiger partial charge on any atom is -0.354 e. The first-order chi connectivity index (χ1) is 13.4. The zero-order valence-corrected chi connectivity index (χ0v) is 16.5. The lowest BCUT2D eigenvalue weighted by molar-refractivity contribution is -0.129. The fourth-order valence-electron chi connectivity index (χ4n) is 4.13. The molecule has 1 N–H and O–H groups in total. The van der Waals surface area contributed by atoms with Crippen molar-refractivity contribution in [1.29, 1.82) is 5.26 Å². The molecule has 0 saturated carbocycles. The maximum Gasteiger partial charge on any atom is 0.236 e. The van der Waals surface area contributed by atoms with Crippen LogP contribution >= 0.6 is 11.6 Å². The first-order valence-corrected chi connectivity index (χ1v) is 9.43. The zero-order valence-electron chi connectivity index (χ0n) is 15.8. The molecule has 2 aliphatic heterocycles. The summed E-state index contributed by atoms with van der Waals surface area (Å²) < 4.78 is 1.70. The van der Waals surface area contributed by atoms with Gasteiger partial charge >= 0.3 is 0 Å². The molecule has 4 heterocycles. The second-order valence-corrected chi connectivity index (χ2v) is 8.14. The van der Waals surface area contributed by atoms with Gasteiger partial charge in [-0.25, -0.2) is 4.98 Å². The number of carbonyl (C=O) groups excluding carboxylic acids is 1. The van der Waals surface area contributed by atoms with Crippen LogP contribution < -0.4 is 10.2 Å². The van der Waals surface area contributed by atoms with E-state index < -0.39 is 0 Å². The largest absolute Gasteiger partial charge is 0.354 e. The summed E-state index contributed by atoms with van der Waals surface area (Å²) >= 11 is 6.39. The topological polar surface area (TPSA) is 103 Å². The highest BCUT2D eigenvalue weighted by Crippen LogP contribution is 2.44. The van der Waals surface area contributed by atoms with Crippen LogP contribution in [-0.4, -0.2) is 56.7 Å². The van der Waals surface area contributed by atoms with E-state index in [1.165, 1.54) is 0 Å². The maximum absolute atomic E-state index is 12.1. The number of aryl methyl sites for hydroxylation is 1. The molecule has 146 valence electrons. The number of halogens is 1. The van der Waals surface area contributed by atoms with Crippen LogP contribution in [0.1, 0.15) is 13.3 Å². The SMILES string of the molecule is Cn1cc(Nc2ncc(Cl)c(N3C[C@@H]4CN(C(=O)CC#N)C[C@@]4(C)C3)n2)cn1.